The number of ether oxygens (including phenoxy) is 2. The highest BCUT2D eigenvalue weighted by Crippen LogP contribution is 2.33. The van der Waals surface area contributed by atoms with E-state index in [0.29, 0.717) is 6.79 Å². The zero-order valence-corrected chi connectivity index (χ0v) is 16.1. The van der Waals surface area contributed by atoms with Crippen molar-refractivity contribution in [1.29, 1.82) is 0 Å². The summed E-state index contributed by atoms with van der Waals surface area (Å²) in [5, 5.41) is 0.191. The van der Waals surface area contributed by atoms with Crippen LogP contribution in [0, 0.1) is 0 Å². The lowest BCUT2D eigenvalue weighted by molar-refractivity contribution is 0.174. The van der Waals surface area contributed by atoms with Crippen LogP contribution in [0.1, 0.15) is 57.9 Å². The van der Waals surface area contributed by atoms with Gasteiger partial charge in [0.25, 0.3) is 0 Å². The van der Waals surface area contributed by atoms with E-state index >= 15 is 0 Å². The first-order valence-electron chi connectivity index (χ1n) is 8.46. The average molecular weight is 353 g/mol. The van der Waals surface area contributed by atoms with Crippen LogP contribution in [0.5, 0.6) is 11.5 Å². The van der Waals surface area contributed by atoms with E-state index in [1.807, 2.05) is 18.2 Å². The Morgan fingerprint density at radius 2 is 1.78 bits per heavy atom. The Kier molecular flexibility index (Phi) is 9.56. The molecule has 0 bridgehead atoms. The summed E-state index contributed by atoms with van der Waals surface area (Å²) in [5.74, 6) is 2.45. The van der Waals surface area contributed by atoms with Gasteiger partial charge in [-0.25, -0.2) is 0 Å². The summed E-state index contributed by atoms with van der Waals surface area (Å²) < 4.78 is 23.0. The summed E-state index contributed by atoms with van der Waals surface area (Å²) in [6.45, 7) is 4.61. The van der Waals surface area contributed by atoms with E-state index in [4.69, 9.17) is 9.47 Å². The van der Waals surface area contributed by atoms with Gasteiger partial charge in [0, 0.05) is 32.8 Å². The second-order valence-electron chi connectivity index (χ2n) is 6.05. The Morgan fingerprint density at radius 1 is 1.09 bits per heavy atom. The molecule has 23 heavy (non-hydrogen) atoms. The maximum absolute atomic E-state index is 12.3. The van der Waals surface area contributed by atoms with Crippen LogP contribution in [0.2, 0.25) is 0 Å². The Morgan fingerprint density at radius 3 is 2.57 bits per heavy atom. The highest BCUT2D eigenvalue weighted by molar-refractivity contribution is 7.85. The molecule has 0 fully saturated rings. The highest BCUT2D eigenvalue weighted by Gasteiger charge is 2.16. The van der Waals surface area contributed by atoms with Crippen LogP contribution in [-0.2, 0) is 17.2 Å². The van der Waals surface area contributed by atoms with E-state index in [1.165, 1.54) is 37.7 Å². The van der Waals surface area contributed by atoms with E-state index in [1.54, 1.807) is 0 Å². The van der Waals surface area contributed by atoms with Gasteiger partial charge in [-0.1, -0.05) is 52.0 Å². The first kappa shape index (κ1) is 20.2. The molecular formula is C18H28O3SSi. The number of benzene rings is 1. The fraction of sp³-hybridized carbons (Fsp3) is 0.667. The van der Waals surface area contributed by atoms with Crippen molar-refractivity contribution in [1.82, 2.24) is 0 Å². The predicted octanol–water partition coefficient (Wildman–Crippen LogP) is 4.07. The van der Waals surface area contributed by atoms with Crippen molar-refractivity contribution >= 4 is 21.8 Å². The largest absolute Gasteiger partial charge is 0.454 e. The van der Waals surface area contributed by atoms with Gasteiger partial charge in [0.1, 0.15) is 0 Å². The SMILES string of the molecule is CCCCCCCCS(=O)C(C)Cc1ccc2c(c1)OCO2.[Si]. The van der Waals surface area contributed by atoms with Gasteiger partial charge in [0.15, 0.2) is 11.5 Å². The number of unbranched alkanes of at least 4 members (excludes halogenated alkanes) is 5. The van der Waals surface area contributed by atoms with Gasteiger partial charge in [0.2, 0.25) is 6.79 Å². The van der Waals surface area contributed by atoms with E-state index in [0.717, 1.165) is 30.1 Å². The fourth-order valence-electron chi connectivity index (χ4n) is 2.72. The van der Waals surface area contributed by atoms with Crippen molar-refractivity contribution in [2.24, 2.45) is 0 Å². The molecule has 2 atom stereocenters. The molecule has 128 valence electrons. The molecule has 0 amide bonds. The third-order valence-electron chi connectivity index (χ3n) is 4.11. The summed E-state index contributed by atoms with van der Waals surface area (Å²) in [5.41, 5.74) is 1.17. The molecule has 0 saturated heterocycles. The highest BCUT2D eigenvalue weighted by atomic mass is 32.2. The Labute approximate surface area is 147 Å². The Hall–Kier alpha value is -0.813. The molecule has 1 aromatic rings. The molecule has 0 aliphatic carbocycles. The van der Waals surface area contributed by atoms with Crippen LogP contribution in [0.4, 0.5) is 0 Å². The molecule has 4 radical (unpaired) electrons. The van der Waals surface area contributed by atoms with E-state index in [9.17, 15) is 4.21 Å². The molecule has 3 nitrogen and oxygen atoms in total. The van der Waals surface area contributed by atoms with Crippen LogP contribution < -0.4 is 9.47 Å². The van der Waals surface area contributed by atoms with Crippen LogP contribution in [0.15, 0.2) is 18.2 Å². The van der Waals surface area contributed by atoms with Gasteiger partial charge < -0.3 is 9.47 Å². The van der Waals surface area contributed by atoms with Crippen LogP contribution >= 0.6 is 0 Å². The van der Waals surface area contributed by atoms with Crippen molar-refractivity contribution in [3.05, 3.63) is 23.8 Å². The standard InChI is InChI=1S/C18H28O3S.Si/c1-3-4-5-6-7-8-11-22(19)15(2)12-16-9-10-17-18(13-16)21-14-20-17;/h9-10,13,15H,3-8,11-12,14H2,1-2H3;. The minimum Gasteiger partial charge on any atom is -0.454 e. The quantitative estimate of drug-likeness (QED) is 0.470. The smallest absolute Gasteiger partial charge is 0.231 e. The maximum atomic E-state index is 12.3. The van der Waals surface area contributed by atoms with Crippen molar-refractivity contribution in [3.63, 3.8) is 0 Å². The maximum Gasteiger partial charge on any atom is 0.231 e. The van der Waals surface area contributed by atoms with Crippen LogP contribution in [0.25, 0.3) is 0 Å². The summed E-state index contributed by atoms with van der Waals surface area (Å²) in [6.07, 6.45) is 8.32. The third kappa shape index (κ3) is 6.67. The number of hydrogen-bond donors (Lipinski definition) is 0. The molecule has 0 saturated carbocycles. The molecular weight excluding hydrogens is 324 g/mol. The Bertz CT molecular complexity index is 493. The van der Waals surface area contributed by atoms with Crippen molar-refractivity contribution in [2.45, 2.75) is 64.0 Å². The minimum absolute atomic E-state index is 0. The van der Waals surface area contributed by atoms with Crippen molar-refractivity contribution in [2.75, 3.05) is 12.5 Å². The number of hydrogen-bond acceptors (Lipinski definition) is 3. The second kappa shape index (κ2) is 10.9. The first-order chi connectivity index (χ1) is 10.7. The molecule has 0 spiro atoms. The minimum atomic E-state index is -0.743. The lowest BCUT2D eigenvalue weighted by Crippen LogP contribution is -2.16. The van der Waals surface area contributed by atoms with Gasteiger partial charge in [-0.2, -0.15) is 0 Å². The van der Waals surface area contributed by atoms with Gasteiger partial charge in [-0.05, 0) is 30.5 Å². The molecule has 2 unspecified atom stereocenters. The van der Waals surface area contributed by atoms with Gasteiger partial charge in [0.05, 0.1) is 0 Å². The summed E-state index contributed by atoms with van der Waals surface area (Å²) in [7, 11) is -0.743. The van der Waals surface area contributed by atoms with Gasteiger partial charge in [-0.3, -0.25) is 4.21 Å². The van der Waals surface area contributed by atoms with Crippen LogP contribution in [-0.4, -0.2) is 33.0 Å². The molecule has 1 aliphatic heterocycles. The normalized spacial score (nSPS) is 15.0. The second-order valence-corrected chi connectivity index (χ2v) is 8.03. The lowest BCUT2D eigenvalue weighted by atomic mass is 10.1. The molecule has 2 rings (SSSR count). The van der Waals surface area contributed by atoms with E-state index in [2.05, 4.69) is 13.8 Å². The predicted molar refractivity (Wildman–Crippen MR) is 97.9 cm³/mol. The van der Waals surface area contributed by atoms with Crippen LogP contribution in [0.3, 0.4) is 0 Å². The summed E-state index contributed by atoms with van der Waals surface area (Å²) >= 11 is 0. The van der Waals surface area contributed by atoms with Gasteiger partial charge >= 0.3 is 0 Å². The zero-order valence-electron chi connectivity index (χ0n) is 14.3. The fourth-order valence-corrected chi connectivity index (χ4v) is 3.99. The average Bonchev–Trinajstić information content (AvgIpc) is 2.98. The molecule has 0 aromatic heterocycles. The first-order valence-corrected chi connectivity index (χ1v) is 9.84. The topological polar surface area (TPSA) is 35.5 Å². The molecule has 5 heteroatoms. The number of fused-ring (bicyclic) bond motifs is 1. The van der Waals surface area contributed by atoms with Crippen molar-refractivity contribution in [3.8, 4) is 11.5 Å². The third-order valence-corrected chi connectivity index (χ3v) is 5.86. The zero-order chi connectivity index (χ0) is 15.8. The monoisotopic (exact) mass is 352 g/mol. The molecule has 1 aliphatic rings. The van der Waals surface area contributed by atoms with E-state index < -0.39 is 10.8 Å². The Balaban J connectivity index is 0.00000264. The lowest BCUT2D eigenvalue weighted by Gasteiger charge is -2.12. The summed E-state index contributed by atoms with van der Waals surface area (Å²) in [4.78, 5) is 0. The number of rotatable bonds is 10. The van der Waals surface area contributed by atoms with Crippen molar-refractivity contribution < 1.29 is 13.7 Å². The summed E-state index contributed by atoms with van der Waals surface area (Å²) in [6, 6.07) is 6.01. The van der Waals surface area contributed by atoms with Gasteiger partial charge in [-0.15, -0.1) is 0 Å². The molecule has 1 aromatic carbocycles. The molecule has 1 heterocycles. The molecule has 0 N–H and O–H groups in total. The van der Waals surface area contributed by atoms with E-state index in [-0.39, 0.29) is 16.2 Å².